The van der Waals surface area contributed by atoms with Gasteiger partial charge in [-0.25, -0.2) is 14.4 Å². The number of piperidine rings is 2. The Bertz CT molecular complexity index is 661. The average molecular weight is 458 g/mol. The predicted octanol–water partition coefficient (Wildman–Crippen LogP) is 3.04. The molecule has 3 N–H and O–H groups in total. The van der Waals surface area contributed by atoms with E-state index < -0.39 is 35.4 Å². The fraction of sp³-hybridized carbons (Fsp3) is 0.818. The Morgan fingerprint density at radius 1 is 0.906 bits per heavy atom. The first kappa shape index (κ1) is 27.7. The van der Waals surface area contributed by atoms with Crippen LogP contribution in [0.3, 0.4) is 0 Å². The van der Waals surface area contributed by atoms with E-state index in [1.807, 2.05) is 0 Å². The fourth-order valence-corrected chi connectivity index (χ4v) is 3.29. The molecule has 0 unspecified atom stereocenters. The number of alkyl carbamates (subject to hydrolysis) is 1. The number of imide groups is 1. The minimum atomic E-state index is -0.953. The molecule has 3 amide bonds. The van der Waals surface area contributed by atoms with Gasteiger partial charge in [0.1, 0.15) is 17.2 Å². The van der Waals surface area contributed by atoms with Gasteiger partial charge in [-0.1, -0.05) is 6.42 Å². The summed E-state index contributed by atoms with van der Waals surface area (Å²) in [7, 11) is 0. The van der Waals surface area contributed by atoms with Crippen LogP contribution in [0.2, 0.25) is 0 Å². The lowest BCUT2D eigenvalue weighted by atomic mass is 10.0. The van der Waals surface area contributed by atoms with Crippen LogP contribution in [0.15, 0.2) is 0 Å². The molecule has 2 fully saturated rings. The third-order valence-corrected chi connectivity index (χ3v) is 4.67. The highest BCUT2D eigenvalue weighted by Crippen LogP contribution is 2.20. The second-order valence-electron chi connectivity index (χ2n) is 10.0. The molecule has 10 heteroatoms. The molecule has 2 atom stereocenters. The topological polar surface area (TPSA) is 134 Å². The number of carbonyl (C=O) groups excluding carboxylic acids is 3. The molecule has 0 spiro atoms. The van der Waals surface area contributed by atoms with Crippen LogP contribution in [0.1, 0.15) is 80.1 Å². The lowest BCUT2D eigenvalue weighted by Crippen LogP contribution is -2.49. The van der Waals surface area contributed by atoms with E-state index >= 15 is 0 Å². The predicted molar refractivity (Wildman–Crippen MR) is 118 cm³/mol. The molecular weight excluding hydrogens is 418 g/mol. The number of amides is 3. The molecule has 2 saturated heterocycles. The highest BCUT2D eigenvalue weighted by atomic mass is 16.6. The average Bonchev–Trinajstić information content (AvgIpc) is 2.66. The molecular formula is C22H39N3O7. The van der Waals surface area contributed by atoms with E-state index in [1.54, 1.807) is 41.5 Å². The standard InChI is InChI=1S/C11H20N2O3.C11H19NO4/c1-11(2,3)16-10(15)13-9(14)8-6-4-5-7-12-8;1-11(2,3)16-10(15)12-7-5-4-6-8(12)9(13)14/h8,12H,4-7H2,1-3H3,(H,13,14,15);8H,4-7H2,1-3H3,(H,13,14)/t2*8-/m00/s1. The Kier molecular flexibility index (Phi) is 10.4. The Labute approximate surface area is 190 Å². The number of hydrogen-bond acceptors (Lipinski definition) is 7. The number of hydrogen-bond donors (Lipinski definition) is 3. The van der Waals surface area contributed by atoms with Crippen molar-refractivity contribution in [2.24, 2.45) is 0 Å². The van der Waals surface area contributed by atoms with Crippen molar-refractivity contribution in [3.63, 3.8) is 0 Å². The highest BCUT2D eigenvalue weighted by Gasteiger charge is 2.34. The van der Waals surface area contributed by atoms with Crippen molar-refractivity contribution in [3.8, 4) is 0 Å². The molecule has 0 bridgehead atoms. The minimum Gasteiger partial charge on any atom is -0.480 e. The summed E-state index contributed by atoms with van der Waals surface area (Å²) >= 11 is 0. The Morgan fingerprint density at radius 2 is 1.50 bits per heavy atom. The number of aliphatic carboxylic acids is 1. The van der Waals surface area contributed by atoms with E-state index in [0.717, 1.165) is 38.6 Å². The Hall–Kier alpha value is -2.36. The molecule has 2 heterocycles. The molecule has 0 aliphatic carbocycles. The van der Waals surface area contributed by atoms with Gasteiger partial charge in [-0.3, -0.25) is 15.0 Å². The number of rotatable bonds is 2. The van der Waals surface area contributed by atoms with Gasteiger partial charge in [0.05, 0.1) is 6.04 Å². The van der Waals surface area contributed by atoms with Gasteiger partial charge >= 0.3 is 18.2 Å². The lowest BCUT2D eigenvalue weighted by Gasteiger charge is -2.34. The van der Waals surface area contributed by atoms with E-state index in [2.05, 4.69) is 10.6 Å². The van der Waals surface area contributed by atoms with Crippen LogP contribution in [-0.4, -0.2) is 70.4 Å². The number of ether oxygens (including phenoxy) is 2. The zero-order valence-electron chi connectivity index (χ0n) is 20.2. The van der Waals surface area contributed by atoms with Gasteiger partial charge in [-0.2, -0.15) is 0 Å². The van der Waals surface area contributed by atoms with Crippen LogP contribution in [0.25, 0.3) is 0 Å². The van der Waals surface area contributed by atoms with Gasteiger partial charge in [0, 0.05) is 6.54 Å². The van der Waals surface area contributed by atoms with E-state index in [4.69, 9.17) is 14.6 Å². The van der Waals surface area contributed by atoms with Crippen molar-refractivity contribution in [2.45, 2.75) is 103 Å². The second-order valence-corrected chi connectivity index (χ2v) is 10.0. The van der Waals surface area contributed by atoms with Crippen LogP contribution < -0.4 is 10.6 Å². The third-order valence-electron chi connectivity index (χ3n) is 4.67. The van der Waals surface area contributed by atoms with E-state index in [1.165, 1.54) is 4.90 Å². The van der Waals surface area contributed by atoms with Gasteiger partial charge in [0.25, 0.3) is 0 Å². The summed E-state index contributed by atoms with van der Waals surface area (Å²) in [6.45, 7) is 11.9. The zero-order valence-corrected chi connectivity index (χ0v) is 20.2. The number of likely N-dealkylation sites (tertiary alicyclic amines) is 1. The number of carboxylic acids is 1. The van der Waals surface area contributed by atoms with Crippen molar-refractivity contribution in [3.05, 3.63) is 0 Å². The van der Waals surface area contributed by atoms with Crippen LogP contribution >= 0.6 is 0 Å². The maximum absolute atomic E-state index is 11.8. The molecule has 184 valence electrons. The van der Waals surface area contributed by atoms with Crippen molar-refractivity contribution in [2.75, 3.05) is 13.1 Å². The summed E-state index contributed by atoms with van der Waals surface area (Å²) in [6, 6.07) is -0.995. The van der Waals surface area contributed by atoms with Gasteiger partial charge in [0.2, 0.25) is 5.91 Å². The molecule has 2 rings (SSSR count). The Morgan fingerprint density at radius 3 is 2.00 bits per heavy atom. The number of nitrogens with one attached hydrogen (secondary N) is 2. The summed E-state index contributed by atoms with van der Waals surface area (Å²) in [4.78, 5) is 47.0. The molecule has 0 radical (unpaired) electrons. The van der Waals surface area contributed by atoms with E-state index in [9.17, 15) is 19.2 Å². The monoisotopic (exact) mass is 457 g/mol. The SMILES string of the molecule is CC(C)(C)OC(=O)N1CCCC[C@H]1C(=O)O.CC(C)(C)OC(=O)NC(=O)[C@@H]1CCCCN1. The van der Waals surface area contributed by atoms with Crippen molar-refractivity contribution >= 4 is 24.1 Å². The number of carboxylic acid groups (broad SMARTS) is 1. The highest BCUT2D eigenvalue weighted by molar-refractivity contribution is 5.95. The molecule has 10 nitrogen and oxygen atoms in total. The molecule has 2 aliphatic heterocycles. The number of carbonyl (C=O) groups is 4. The van der Waals surface area contributed by atoms with Crippen LogP contribution in [0.4, 0.5) is 9.59 Å². The summed E-state index contributed by atoms with van der Waals surface area (Å²) in [5, 5.41) is 14.3. The molecule has 0 aromatic rings. The summed E-state index contributed by atoms with van der Waals surface area (Å²) in [6.07, 6.45) is 3.85. The molecule has 32 heavy (non-hydrogen) atoms. The maximum Gasteiger partial charge on any atom is 0.414 e. The summed E-state index contributed by atoms with van der Waals surface area (Å²) < 4.78 is 10.2. The third kappa shape index (κ3) is 10.8. The second kappa shape index (κ2) is 12.0. The molecule has 0 aromatic carbocycles. The van der Waals surface area contributed by atoms with Gasteiger partial charge < -0.3 is 19.9 Å². The van der Waals surface area contributed by atoms with Crippen LogP contribution in [-0.2, 0) is 19.1 Å². The Balaban J connectivity index is 0.000000320. The van der Waals surface area contributed by atoms with Crippen molar-refractivity contribution in [1.82, 2.24) is 15.5 Å². The smallest absolute Gasteiger partial charge is 0.414 e. The first-order valence-electron chi connectivity index (χ1n) is 11.2. The fourth-order valence-electron chi connectivity index (χ4n) is 3.29. The van der Waals surface area contributed by atoms with Crippen molar-refractivity contribution in [1.29, 1.82) is 0 Å². The molecule has 0 aromatic heterocycles. The van der Waals surface area contributed by atoms with Crippen molar-refractivity contribution < 1.29 is 33.8 Å². The summed E-state index contributed by atoms with van der Waals surface area (Å²) in [5.41, 5.74) is -1.16. The first-order valence-corrected chi connectivity index (χ1v) is 11.2. The first-order chi connectivity index (χ1) is 14.7. The van der Waals surface area contributed by atoms with Crippen LogP contribution in [0.5, 0.6) is 0 Å². The molecule has 2 aliphatic rings. The maximum atomic E-state index is 11.8. The van der Waals surface area contributed by atoms with E-state index in [0.29, 0.717) is 13.0 Å². The number of nitrogens with zero attached hydrogens (tertiary/aromatic N) is 1. The zero-order chi connectivity index (χ0) is 24.5. The lowest BCUT2D eigenvalue weighted by molar-refractivity contribution is -0.144. The van der Waals surface area contributed by atoms with Gasteiger partial charge in [0.15, 0.2) is 0 Å². The van der Waals surface area contributed by atoms with E-state index in [-0.39, 0.29) is 11.9 Å². The van der Waals surface area contributed by atoms with Crippen LogP contribution in [0, 0.1) is 0 Å². The largest absolute Gasteiger partial charge is 0.480 e. The quantitative estimate of drug-likeness (QED) is 0.576. The molecule has 0 saturated carbocycles. The normalized spacial score (nSPS) is 21.5. The summed E-state index contributed by atoms with van der Waals surface area (Å²) in [5.74, 6) is -1.25. The van der Waals surface area contributed by atoms with Gasteiger partial charge in [-0.15, -0.1) is 0 Å². The minimum absolute atomic E-state index is 0.263. The van der Waals surface area contributed by atoms with Gasteiger partial charge in [-0.05, 0) is 80.2 Å².